The van der Waals surface area contributed by atoms with E-state index in [1.54, 1.807) is 12.2 Å². The monoisotopic (exact) mass is 107 g/mol. The van der Waals surface area contributed by atoms with Crippen molar-refractivity contribution >= 4 is 0 Å². The van der Waals surface area contributed by atoms with Gasteiger partial charge in [-0.1, -0.05) is 19.6 Å². The summed E-state index contributed by atoms with van der Waals surface area (Å²) in [5.74, 6) is 0. The molecule has 0 fully saturated rings. The van der Waals surface area contributed by atoms with Crippen LogP contribution in [0.2, 0.25) is 0 Å². The van der Waals surface area contributed by atoms with Gasteiger partial charge < -0.3 is 0 Å². The minimum absolute atomic E-state index is 0.778. The average Bonchev–Trinajstić information content (AvgIpc) is 1.83. The molecule has 1 nitrogen and oxygen atoms in total. The zero-order valence-corrected chi connectivity index (χ0v) is 5.02. The molecule has 0 aliphatic carbocycles. The van der Waals surface area contributed by atoms with Crippen molar-refractivity contribution in [2.45, 2.75) is 13.3 Å². The van der Waals surface area contributed by atoms with Crippen LogP contribution in [0.3, 0.4) is 0 Å². The molecule has 0 heterocycles. The maximum Gasteiger partial charge on any atom is 0.0946 e. The van der Waals surface area contributed by atoms with Gasteiger partial charge in [0, 0.05) is 5.57 Å². The van der Waals surface area contributed by atoms with Gasteiger partial charge in [0.15, 0.2) is 0 Å². The minimum Gasteiger partial charge on any atom is -0.193 e. The van der Waals surface area contributed by atoms with Gasteiger partial charge in [-0.05, 0) is 12.5 Å². The Morgan fingerprint density at radius 3 is 2.62 bits per heavy atom. The van der Waals surface area contributed by atoms with Gasteiger partial charge in [-0.25, -0.2) is 0 Å². The first-order valence-electron chi connectivity index (χ1n) is 2.56. The summed E-state index contributed by atoms with van der Waals surface area (Å²) in [6.45, 7) is 5.41. The van der Waals surface area contributed by atoms with E-state index < -0.39 is 0 Å². The van der Waals surface area contributed by atoms with Crippen LogP contribution in [0.15, 0.2) is 24.3 Å². The predicted molar refractivity (Wildman–Crippen MR) is 34.2 cm³/mol. The lowest BCUT2D eigenvalue weighted by Crippen LogP contribution is -1.69. The van der Waals surface area contributed by atoms with Crippen molar-refractivity contribution in [3.05, 3.63) is 24.3 Å². The van der Waals surface area contributed by atoms with Crippen LogP contribution in [0, 0.1) is 11.3 Å². The molecule has 0 radical (unpaired) electrons. The highest BCUT2D eigenvalue weighted by Crippen LogP contribution is 1.96. The van der Waals surface area contributed by atoms with E-state index in [2.05, 4.69) is 6.58 Å². The Morgan fingerprint density at radius 2 is 2.50 bits per heavy atom. The van der Waals surface area contributed by atoms with Crippen LogP contribution >= 0.6 is 0 Å². The number of hydrogen-bond donors (Lipinski definition) is 0. The Labute approximate surface area is 49.9 Å². The third kappa shape index (κ3) is 2.20. The van der Waals surface area contributed by atoms with Gasteiger partial charge in [-0.2, -0.15) is 5.26 Å². The smallest absolute Gasteiger partial charge is 0.0946 e. The Hall–Kier alpha value is -1.03. The third-order valence-electron chi connectivity index (χ3n) is 0.844. The van der Waals surface area contributed by atoms with Crippen molar-refractivity contribution in [2.24, 2.45) is 0 Å². The van der Waals surface area contributed by atoms with Gasteiger partial charge in [0.1, 0.15) is 0 Å². The van der Waals surface area contributed by atoms with Gasteiger partial charge in [-0.15, -0.1) is 0 Å². The number of hydrogen-bond acceptors (Lipinski definition) is 1. The van der Waals surface area contributed by atoms with E-state index in [0.717, 1.165) is 12.0 Å². The molecular weight excluding hydrogens is 98.1 g/mol. The van der Waals surface area contributed by atoms with E-state index in [1.165, 1.54) is 0 Å². The Kier molecular flexibility index (Phi) is 3.60. The van der Waals surface area contributed by atoms with Crippen molar-refractivity contribution < 1.29 is 0 Å². The summed E-state index contributed by atoms with van der Waals surface area (Å²) in [7, 11) is 0. The van der Waals surface area contributed by atoms with Crippen molar-refractivity contribution in [1.82, 2.24) is 0 Å². The summed E-state index contributed by atoms with van der Waals surface area (Å²) < 4.78 is 0. The lowest BCUT2D eigenvalue weighted by Gasteiger charge is -1.82. The molecule has 0 atom stereocenters. The topological polar surface area (TPSA) is 23.8 Å². The van der Waals surface area contributed by atoms with Gasteiger partial charge >= 0.3 is 0 Å². The van der Waals surface area contributed by atoms with Gasteiger partial charge in [0.05, 0.1) is 6.07 Å². The van der Waals surface area contributed by atoms with E-state index in [0.29, 0.717) is 0 Å². The van der Waals surface area contributed by atoms with Gasteiger partial charge in [0.2, 0.25) is 0 Å². The van der Waals surface area contributed by atoms with Crippen molar-refractivity contribution in [3.8, 4) is 6.07 Å². The number of nitrogens with zero attached hydrogens (tertiary/aromatic N) is 1. The number of allylic oxidation sites excluding steroid dienone is 3. The van der Waals surface area contributed by atoms with Crippen molar-refractivity contribution in [3.63, 3.8) is 0 Å². The maximum absolute atomic E-state index is 8.29. The summed E-state index contributed by atoms with van der Waals surface area (Å²) in [4.78, 5) is 0. The Morgan fingerprint density at radius 1 is 1.88 bits per heavy atom. The molecule has 0 N–H and O–H groups in total. The second-order valence-corrected chi connectivity index (χ2v) is 1.39. The van der Waals surface area contributed by atoms with E-state index in [9.17, 15) is 0 Å². The first kappa shape index (κ1) is 6.97. The van der Waals surface area contributed by atoms with Crippen molar-refractivity contribution in [1.29, 1.82) is 5.26 Å². The molecule has 0 rings (SSSR count). The van der Waals surface area contributed by atoms with E-state index in [-0.39, 0.29) is 0 Å². The molecule has 0 aromatic carbocycles. The lowest BCUT2D eigenvalue weighted by atomic mass is 10.2. The summed E-state index contributed by atoms with van der Waals surface area (Å²) in [6.07, 6.45) is 4.14. The fraction of sp³-hybridized carbons (Fsp3) is 0.286. The van der Waals surface area contributed by atoms with Gasteiger partial charge in [0.25, 0.3) is 0 Å². The third-order valence-corrected chi connectivity index (χ3v) is 0.844. The second kappa shape index (κ2) is 4.14. The largest absolute Gasteiger partial charge is 0.193 e. The lowest BCUT2D eigenvalue weighted by molar-refractivity contribution is 1.15. The average molecular weight is 107 g/mol. The molecule has 0 aromatic rings. The van der Waals surface area contributed by atoms with Crippen LogP contribution in [0.1, 0.15) is 13.3 Å². The molecule has 0 amide bonds. The van der Waals surface area contributed by atoms with Crippen LogP contribution in [0.4, 0.5) is 0 Å². The highest BCUT2D eigenvalue weighted by Gasteiger charge is 1.83. The quantitative estimate of drug-likeness (QED) is 0.391. The highest BCUT2D eigenvalue weighted by atomic mass is 14.2. The molecule has 0 unspecified atom stereocenters. The number of nitriles is 1. The SMILES string of the molecule is C=C/C=C(/C#N)CC. The highest BCUT2D eigenvalue weighted by molar-refractivity contribution is 5.23. The Bertz CT molecular complexity index is 137. The normalized spacial score (nSPS) is 10.2. The molecule has 0 bridgehead atoms. The minimum atomic E-state index is 0.778. The fourth-order valence-corrected chi connectivity index (χ4v) is 0.376. The summed E-state index contributed by atoms with van der Waals surface area (Å²) in [6, 6.07) is 2.04. The zero-order valence-electron chi connectivity index (χ0n) is 5.02. The molecule has 0 saturated carbocycles. The van der Waals surface area contributed by atoms with E-state index in [1.807, 2.05) is 13.0 Å². The van der Waals surface area contributed by atoms with Crippen LogP contribution in [-0.4, -0.2) is 0 Å². The Balaban J connectivity index is 3.91. The standard InChI is InChI=1S/C7H9N/c1-3-5-7(4-2)6-8/h3,5H,1,4H2,2H3/b7-5+. The zero-order chi connectivity index (χ0) is 6.41. The van der Waals surface area contributed by atoms with Crippen molar-refractivity contribution in [2.75, 3.05) is 0 Å². The first-order valence-corrected chi connectivity index (χ1v) is 2.56. The fourth-order valence-electron chi connectivity index (χ4n) is 0.376. The molecule has 8 heavy (non-hydrogen) atoms. The molecule has 42 valence electrons. The predicted octanol–water partition coefficient (Wildman–Crippen LogP) is 2.03. The van der Waals surface area contributed by atoms with Crippen LogP contribution < -0.4 is 0 Å². The molecule has 0 spiro atoms. The molecule has 0 aliphatic heterocycles. The molecule has 0 aliphatic rings. The molecule has 0 aromatic heterocycles. The molecule has 1 heteroatoms. The maximum atomic E-state index is 8.29. The molecule has 0 saturated heterocycles. The second-order valence-electron chi connectivity index (χ2n) is 1.39. The number of rotatable bonds is 2. The summed E-state index contributed by atoms with van der Waals surface area (Å²) in [5.41, 5.74) is 0.778. The van der Waals surface area contributed by atoms with E-state index >= 15 is 0 Å². The van der Waals surface area contributed by atoms with Gasteiger partial charge in [-0.3, -0.25) is 0 Å². The van der Waals surface area contributed by atoms with E-state index in [4.69, 9.17) is 5.26 Å². The molecular formula is C7H9N. The van der Waals surface area contributed by atoms with Crippen LogP contribution in [0.25, 0.3) is 0 Å². The first-order chi connectivity index (χ1) is 3.85. The van der Waals surface area contributed by atoms with Crippen LogP contribution in [0.5, 0.6) is 0 Å². The summed E-state index contributed by atoms with van der Waals surface area (Å²) >= 11 is 0. The van der Waals surface area contributed by atoms with Crippen LogP contribution in [-0.2, 0) is 0 Å². The summed E-state index contributed by atoms with van der Waals surface area (Å²) in [5, 5.41) is 8.29.